The van der Waals surface area contributed by atoms with Gasteiger partial charge < -0.3 is 14.9 Å². The maximum Gasteiger partial charge on any atom is 0.303 e. The van der Waals surface area contributed by atoms with Crippen LogP contribution < -0.4 is 0 Å². The molecule has 1 aliphatic heterocycles. The minimum Gasteiger partial charge on any atom is -0.481 e. The van der Waals surface area contributed by atoms with Gasteiger partial charge in [0.25, 0.3) is 0 Å². The second kappa shape index (κ2) is 7.16. The van der Waals surface area contributed by atoms with Crippen LogP contribution in [-0.4, -0.2) is 60.5 Å². The summed E-state index contributed by atoms with van der Waals surface area (Å²) in [5.74, 6) is -0.492. The van der Waals surface area contributed by atoms with E-state index >= 15 is 0 Å². The molecule has 1 rings (SSSR count). The van der Waals surface area contributed by atoms with E-state index in [1.807, 2.05) is 25.1 Å². The molecule has 0 aromatic heterocycles. The lowest BCUT2D eigenvalue weighted by atomic mass is 9.93. The first-order valence-corrected chi connectivity index (χ1v) is 6.31. The molecule has 1 saturated heterocycles. The van der Waals surface area contributed by atoms with Crippen molar-refractivity contribution in [2.75, 3.05) is 33.7 Å². The maximum atomic E-state index is 11.8. The number of carbonyl (C=O) groups excluding carboxylic acids is 1. The third-order valence-corrected chi connectivity index (χ3v) is 3.12. The third-order valence-electron chi connectivity index (χ3n) is 3.12. The highest BCUT2D eigenvalue weighted by Gasteiger charge is 2.22. The largest absolute Gasteiger partial charge is 0.481 e. The quantitative estimate of drug-likeness (QED) is 0.738. The average Bonchev–Trinajstić information content (AvgIpc) is 2.28. The first-order valence-electron chi connectivity index (χ1n) is 6.31. The van der Waals surface area contributed by atoms with Crippen molar-refractivity contribution in [1.82, 2.24) is 9.80 Å². The van der Waals surface area contributed by atoms with Gasteiger partial charge in [0.1, 0.15) is 0 Å². The number of hydrogen-bond donors (Lipinski definition) is 1. The molecule has 5 heteroatoms. The Kier molecular flexibility index (Phi) is 5.85. The molecule has 18 heavy (non-hydrogen) atoms. The van der Waals surface area contributed by atoms with Crippen molar-refractivity contribution in [2.45, 2.75) is 19.3 Å². The van der Waals surface area contributed by atoms with E-state index in [0.29, 0.717) is 13.1 Å². The maximum absolute atomic E-state index is 11.8. The molecule has 1 heterocycles. The van der Waals surface area contributed by atoms with Crippen LogP contribution in [0.25, 0.3) is 0 Å². The van der Waals surface area contributed by atoms with E-state index in [1.54, 1.807) is 11.0 Å². The molecule has 0 atom stereocenters. The topological polar surface area (TPSA) is 60.9 Å². The number of hydrogen-bond acceptors (Lipinski definition) is 3. The summed E-state index contributed by atoms with van der Waals surface area (Å²) in [6, 6.07) is 0. The van der Waals surface area contributed by atoms with Gasteiger partial charge in [-0.25, -0.2) is 0 Å². The van der Waals surface area contributed by atoms with Crippen LogP contribution >= 0.6 is 0 Å². The summed E-state index contributed by atoms with van der Waals surface area (Å²) < 4.78 is 0. The van der Waals surface area contributed by atoms with Gasteiger partial charge >= 0.3 is 5.97 Å². The van der Waals surface area contributed by atoms with E-state index < -0.39 is 5.97 Å². The predicted molar refractivity (Wildman–Crippen MR) is 69.3 cm³/mol. The van der Waals surface area contributed by atoms with E-state index in [0.717, 1.165) is 19.4 Å². The number of carboxylic acid groups (broad SMARTS) is 1. The van der Waals surface area contributed by atoms with Gasteiger partial charge in [-0.15, -0.1) is 0 Å². The van der Waals surface area contributed by atoms with Crippen molar-refractivity contribution in [1.29, 1.82) is 0 Å². The second-order valence-corrected chi connectivity index (χ2v) is 5.03. The van der Waals surface area contributed by atoms with E-state index in [2.05, 4.69) is 0 Å². The number of aliphatic carboxylic acids is 1. The summed E-state index contributed by atoms with van der Waals surface area (Å²) >= 11 is 0. The molecule has 0 aromatic carbocycles. The van der Waals surface area contributed by atoms with Crippen LogP contribution in [0.3, 0.4) is 0 Å². The minimum atomic E-state index is -0.745. The van der Waals surface area contributed by atoms with Crippen LogP contribution in [0.15, 0.2) is 12.2 Å². The fourth-order valence-electron chi connectivity index (χ4n) is 2.07. The molecular weight excluding hydrogens is 232 g/mol. The number of carbonyl (C=O) groups is 2. The Labute approximate surface area is 108 Å². The Morgan fingerprint density at radius 1 is 1.33 bits per heavy atom. The average molecular weight is 254 g/mol. The van der Waals surface area contributed by atoms with Gasteiger partial charge in [-0.1, -0.05) is 6.08 Å². The molecule has 0 bridgehead atoms. The Hall–Kier alpha value is -1.36. The zero-order valence-corrected chi connectivity index (χ0v) is 11.1. The molecule has 0 radical (unpaired) electrons. The number of likely N-dealkylation sites (tertiary alicyclic amines) is 1. The molecule has 1 aliphatic rings. The smallest absolute Gasteiger partial charge is 0.303 e. The minimum absolute atomic E-state index is 0.0330. The summed E-state index contributed by atoms with van der Waals surface area (Å²) in [5, 5.41) is 8.71. The Balaban J connectivity index is 2.31. The monoisotopic (exact) mass is 254 g/mol. The van der Waals surface area contributed by atoms with Crippen molar-refractivity contribution >= 4 is 11.9 Å². The van der Waals surface area contributed by atoms with Gasteiger partial charge in [0.2, 0.25) is 5.91 Å². The number of carboxylic acids is 1. The summed E-state index contributed by atoms with van der Waals surface area (Å²) in [4.78, 5) is 26.2. The molecule has 0 saturated carbocycles. The summed E-state index contributed by atoms with van der Waals surface area (Å²) in [5.41, 5.74) is 0. The lowest BCUT2D eigenvalue weighted by Crippen LogP contribution is -2.38. The van der Waals surface area contributed by atoms with Crippen molar-refractivity contribution < 1.29 is 14.7 Å². The van der Waals surface area contributed by atoms with Crippen molar-refractivity contribution in [3.8, 4) is 0 Å². The van der Waals surface area contributed by atoms with Gasteiger partial charge in [-0.3, -0.25) is 9.59 Å². The van der Waals surface area contributed by atoms with E-state index in [1.165, 1.54) is 0 Å². The van der Waals surface area contributed by atoms with Crippen LogP contribution in [0.1, 0.15) is 19.3 Å². The van der Waals surface area contributed by atoms with Crippen LogP contribution in [0.4, 0.5) is 0 Å². The van der Waals surface area contributed by atoms with Crippen molar-refractivity contribution in [3.63, 3.8) is 0 Å². The van der Waals surface area contributed by atoms with Gasteiger partial charge in [0.05, 0.1) is 0 Å². The molecule has 5 nitrogen and oxygen atoms in total. The van der Waals surface area contributed by atoms with E-state index in [9.17, 15) is 9.59 Å². The summed E-state index contributed by atoms with van der Waals surface area (Å²) in [6.45, 7) is 2.09. The van der Waals surface area contributed by atoms with E-state index in [-0.39, 0.29) is 18.2 Å². The molecule has 0 unspecified atom stereocenters. The number of amides is 1. The molecule has 102 valence electrons. The van der Waals surface area contributed by atoms with E-state index in [4.69, 9.17) is 5.11 Å². The molecule has 0 spiro atoms. The van der Waals surface area contributed by atoms with Crippen LogP contribution in [0, 0.1) is 5.92 Å². The van der Waals surface area contributed by atoms with Crippen molar-refractivity contribution in [2.24, 2.45) is 5.92 Å². The standard InChI is InChI=1S/C13H22N2O3/c1-14(2)7-3-4-12(16)15-8-5-11(6-9-15)10-13(17)18/h3-4,11H,5-10H2,1-2H3,(H,17,18). The normalized spacial score (nSPS) is 17.6. The molecule has 0 aromatic rings. The van der Waals surface area contributed by atoms with Crippen molar-refractivity contribution in [3.05, 3.63) is 12.2 Å². The summed E-state index contributed by atoms with van der Waals surface area (Å²) in [7, 11) is 3.90. The predicted octanol–water partition coefficient (Wildman–Crippen LogP) is 0.817. The lowest BCUT2D eigenvalue weighted by Gasteiger charge is -2.30. The Morgan fingerprint density at radius 3 is 2.44 bits per heavy atom. The van der Waals surface area contributed by atoms with Crippen LogP contribution in [-0.2, 0) is 9.59 Å². The highest BCUT2D eigenvalue weighted by molar-refractivity contribution is 5.87. The first kappa shape index (κ1) is 14.7. The Morgan fingerprint density at radius 2 is 1.94 bits per heavy atom. The van der Waals surface area contributed by atoms with Gasteiger partial charge in [0.15, 0.2) is 0 Å². The molecule has 1 fully saturated rings. The lowest BCUT2D eigenvalue weighted by molar-refractivity contribution is -0.138. The van der Waals surface area contributed by atoms with Crippen LogP contribution in [0.2, 0.25) is 0 Å². The Bertz CT molecular complexity index is 318. The number of piperidine rings is 1. The highest BCUT2D eigenvalue weighted by Crippen LogP contribution is 2.20. The van der Waals surface area contributed by atoms with Gasteiger partial charge in [-0.2, -0.15) is 0 Å². The van der Waals surface area contributed by atoms with Gasteiger partial charge in [0, 0.05) is 32.1 Å². The molecule has 1 amide bonds. The molecule has 0 aliphatic carbocycles. The number of nitrogens with zero attached hydrogens (tertiary/aromatic N) is 2. The zero-order valence-electron chi connectivity index (χ0n) is 11.1. The highest BCUT2D eigenvalue weighted by atomic mass is 16.4. The molecular formula is C13H22N2O3. The number of likely N-dealkylation sites (N-methyl/N-ethyl adjacent to an activating group) is 1. The first-order chi connectivity index (χ1) is 8.49. The number of rotatable bonds is 5. The SMILES string of the molecule is CN(C)CC=CC(=O)N1CCC(CC(=O)O)CC1. The third kappa shape index (κ3) is 5.31. The summed E-state index contributed by atoms with van der Waals surface area (Å²) in [6.07, 6.45) is 5.26. The fourth-order valence-corrected chi connectivity index (χ4v) is 2.07. The fraction of sp³-hybridized carbons (Fsp3) is 0.692. The zero-order chi connectivity index (χ0) is 13.5. The molecule has 1 N–H and O–H groups in total. The van der Waals surface area contributed by atoms with Gasteiger partial charge in [-0.05, 0) is 32.9 Å². The van der Waals surface area contributed by atoms with Crippen LogP contribution in [0.5, 0.6) is 0 Å². The second-order valence-electron chi connectivity index (χ2n) is 5.03.